The van der Waals surface area contributed by atoms with Crippen LogP contribution in [0.3, 0.4) is 0 Å². The van der Waals surface area contributed by atoms with Gasteiger partial charge in [-0.05, 0) is 29.5 Å². The van der Waals surface area contributed by atoms with Gasteiger partial charge < -0.3 is 4.98 Å². The van der Waals surface area contributed by atoms with Gasteiger partial charge in [-0.15, -0.1) is 5.10 Å². The molecule has 1 atom stereocenters. The number of fused-ring (bicyclic) bond motifs is 1. The molecular formula is C19H24N6O2. The van der Waals surface area contributed by atoms with E-state index >= 15 is 0 Å². The first-order valence-electron chi connectivity index (χ1n) is 8.93. The molecule has 8 nitrogen and oxygen atoms in total. The van der Waals surface area contributed by atoms with Crippen LogP contribution in [0.25, 0.3) is 17.1 Å². The summed E-state index contributed by atoms with van der Waals surface area (Å²) in [4.78, 5) is 19.4. The number of aromatic amines is 1. The molecule has 1 unspecified atom stereocenters. The highest BCUT2D eigenvalue weighted by Gasteiger charge is 2.24. The maximum atomic E-state index is 11.1. The summed E-state index contributed by atoms with van der Waals surface area (Å²) >= 11 is 0. The van der Waals surface area contributed by atoms with Crippen LogP contribution in [0.1, 0.15) is 56.7 Å². The fraction of sp³-hybridized carbons (Fsp3) is 0.368. The van der Waals surface area contributed by atoms with Crippen LogP contribution < -0.4 is 5.48 Å². The number of hydroxylamine groups is 1. The van der Waals surface area contributed by atoms with Crippen LogP contribution in [0.2, 0.25) is 0 Å². The predicted octanol–water partition coefficient (Wildman–Crippen LogP) is 3.04. The van der Waals surface area contributed by atoms with Gasteiger partial charge in [-0.25, -0.2) is 15.1 Å². The number of H-pyrrole nitrogens is 1. The average molecular weight is 368 g/mol. The van der Waals surface area contributed by atoms with Crippen LogP contribution in [-0.4, -0.2) is 36.1 Å². The van der Waals surface area contributed by atoms with E-state index in [-0.39, 0.29) is 12.0 Å². The topological polar surface area (TPSA) is 109 Å². The molecule has 1 aromatic carbocycles. The molecule has 0 aliphatic heterocycles. The van der Waals surface area contributed by atoms with Gasteiger partial charge in [-0.3, -0.25) is 10.0 Å². The van der Waals surface area contributed by atoms with Crippen molar-refractivity contribution in [1.29, 1.82) is 0 Å². The number of nitrogens with one attached hydrogen (secondary N) is 2. The van der Waals surface area contributed by atoms with E-state index in [1.165, 1.54) is 17.7 Å². The lowest BCUT2D eigenvalue weighted by atomic mass is 10.0. The lowest BCUT2D eigenvalue weighted by Crippen LogP contribution is -2.18. The number of amides is 1. The number of carbonyl (C=O) groups excluding carboxylic acids is 1. The van der Waals surface area contributed by atoms with E-state index in [4.69, 9.17) is 10.2 Å². The molecule has 27 heavy (non-hydrogen) atoms. The summed E-state index contributed by atoms with van der Waals surface area (Å²) in [5.41, 5.74) is 5.24. The number of hydrogen-bond donors (Lipinski definition) is 3. The van der Waals surface area contributed by atoms with Gasteiger partial charge in [-0.2, -0.15) is 0 Å². The number of aromatic nitrogens is 5. The van der Waals surface area contributed by atoms with Gasteiger partial charge in [0.05, 0.1) is 17.2 Å². The molecule has 142 valence electrons. The number of imidazole rings is 1. The Labute approximate surface area is 157 Å². The van der Waals surface area contributed by atoms with Crippen LogP contribution in [-0.2, 0) is 4.79 Å². The quantitative estimate of drug-likeness (QED) is 0.352. The molecule has 0 saturated heterocycles. The van der Waals surface area contributed by atoms with Crippen molar-refractivity contribution in [3.63, 3.8) is 0 Å². The molecule has 0 spiro atoms. The van der Waals surface area contributed by atoms with Crippen molar-refractivity contribution in [2.24, 2.45) is 5.92 Å². The van der Waals surface area contributed by atoms with Crippen molar-refractivity contribution in [2.45, 2.75) is 39.7 Å². The number of hydrogen-bond acceptors (Lipinski definition) is 5. The lowest BCUT2D eigenvalue weighted by molar-refractivity contribution is -0.124. The molecule has 3 N–H and O–H groups in total. The van der Waals surface area contributed by atoms with Crippen molar-refractivity contribution in [3.05, 3.63) is 47.6 Å². The molecule has 0 aliphatic carbocycles. The summed E-state index contributed by atoms with van der Waals surface area (Å²) in [6.07, 6.45) is 4.43. The fourth-order valence-corrected chi connectivity index (χ4v) is 3.13. The molecular weight excluding hydrogens is 344 g/mol. The highest BCUT2D eigenvalue weighted by Crippen LogP contribution is 2.29. The molecule has 3 rings (SSSR count). The number of nitrogens with zero attached hydrogens (tertiary/aromatic N) is 4. The highest BCUT2D eigenvalue weighted by atomic mass is 16.5. The van der Waals surface area contributed by atoms with Gasteiger partial charge in [0, 0.05) is 6.08 Å². The fourth-order valence-electron chi connectivity index (χ4n) is 3.13. The van der Waals surface area contributed by atoms with Crippen LogP contribution in [0.15, 0.2) is 30.5 Å². The van der Waals surface area contributed by atoms with Gasteiger partial charge in [0.15, 0.2) is 0 Å². The summed E-state index contributed by atoms with van der Waals surface area (Å²) in [5, 5.41) is 16.8. The number of carbonyl (C=O) groups is 1. The van der Waals surface area contributed by atoms with E-state index in [2.05, 4.69) is 49.1 Å². The Bertz CT molecular complexity index is 970. The molecule has 0 aliphatic rings. The summed E-state index contributed by atoms with van der Waals surface area (Å²) in [7, 11) is 0. The smallest absolute Gasteiger partial charge is 0.267 e. The van der Waals surface area contributed by atoms with Crippen LogP contribution in [0, 0.1) is 5.92 Å². The second kappa shape index (κ2) is 7.71. The van der Waals surface area contributed by atoms with Crippen LogP contribution >= 0.6 is 0 Å². The van der Waals surface area contributed by atoms with Gasteiger partial charge in [0.25, 0.3) is 5.91 Å². The minimum atomic E-state index is -0.622. The standard InChI is InChI=1S/C19H24N6O2/c1-11(2)14-6-5-7-15-17(14)21-19(20-15)18(12(3)4)25-10-13(22-24-25)8-9-16(26)23-27/h5-12,18,27H,1-4H3,(H,20,21)(H,23,26). The maximum Gasteiger partial charge on any atom is 0.267 e. The molecule has 0 bridgehead atoms. The summed E-state index contributed by atoms with van der Waals surface area (Å²) in [6, 6.07) is 6.04. The molecule has 0 radical (unpaired) electrons. The molecule has 0 saturated carbocycles. The van der Waals surface area contributed by atoms with Crippen molar-refractivity contribution in [1.82, 2.24) is 30.4 Å². The van der Waals surface area contributed by atoms with E-state index in [1.54, 1.807) is 16.4 Å². The molecule has 2 aromatic heterocycles. The van der Waals surface area contributed by atoms with E-state index < -0.39 is 5.91 Å². The normalized spacial score (nSPS) is 13.1. The minimum absolute atomic E-state index is 0.126. The van der Waals surface area contributed by atoms with Gasteiger partial charge in [-0.1, -0.05) is 45.0 Å². The Hall–Kier alpha value is -3.00. The number of rotatable bonds is 6. The van der Waals surface area contributed by atoms with E-state index in [1.807, 2.05) is 12.1 Å². The first kappa shape index (κ1) is 18.8. The zero-order chi connectivity index (χ0) is 19.6. The predicted molar refractivity (Wildman–Crippen MR) is 102 cm³/mol. The lowest BCUT2D eigenvalue weighted by Gasteiger charge is -2.18. The van der Waals surface area contributed by atoms with Crippen LogP contribution in [0.5, 0.6) is 0 Å². The third-order valence-electron chi connectivity index (χ3n) is 4.42. The Kier molecular flexibility index (Phi) is 5.36. The van der Waals surface area contributed by atoms with Gasteiger partial charge >= 0.3 is 0 Å². The van der Waals surface area contributed by atoms with Crippen LogP contribution in [0.4, 0.5) is 0 Å². The second-order valence-corrected chi connectivity index (χ2v) is 7.14. The summed E-state index contributed by atoms with van der Waals surface area (Å²) in [5.74, 6) is 0.792. The average Bonchev–Trinajstić information content (AvgIpc) is 3.25. The largest absolute Gasteiger partial charge is 0.340 e. The van der Waals surface area contributed by atoms with Crippen molar-refractivity contribution >= 4 is 23.0 Å². The third-order valence-corrected chi connectivity index (χ3v) is 4.42. The highest BCUT2D eigenvalue weighted by molar-refractivity contribution is 5.90. The maximum absolute atomic E-state index is 11.1. The van der Waals surface area contributed by atoms with E-state index in [0.29, 0.717) is 11.6 Å². The Morgan fingerprint density at radius 1 is 1.30 bits per heavy atom. The van der Waals surface area contributed by atoms with Crippen molar-refractivity contribution in [2.75, 3.05) is 0 Å². The molecule has 0 fully saturated rings. The number of para-hydroxylation sites is 1. The molecule has 2 heterocycles. The van der Waals surface area contributed by atoms with Crippen molar-refractivity contribution in [3.8, 4) is 0 Å². The SMILES string of the molecule is CC(C)c1cccc2[nH]c(C(C(C)C)n3cc(C=CC(=O)NO)nn3)nc12. The number of benzene rings is 1. The monoisotopic (exact) mass is 368 g/mol. The molecule has 1 amide bonds. The van der Waals surface area contributed by atoms with E-state index in [9.17, 15) is 4.79 Å². The first-order chi connectivity index (χ1) is 12.9. The summed E-state index contributed by atoms with van der Waals surface area (Å²) < 4.78 is 1.74. The third kappa shape index (κ3) is 3.90. The zero-order valence-corrected chi connectivity index (χ0v) is 15.8. The first-order valence-corrected chi connectivity index (χ1v) is 8.93. The van der Waals surface area contributed by atoms with Gasteiger partial charge in [0.1, 0.15) is 17.6 Å². The summed E-state index contributed by atoms with van der Waals surface area (Å²) in [6.45, 7) is 8.50. The van der Waals surface area contributed by atoms with E-state index in [0.717, 1.165) is 16.9 Å². The Morgan fingerprint density at radius 2 is 2.07 bits per heavy atom. The molecule has 3 aromatic rings. The Morgan fingerprint density at radius 3 is 2.74 bits per heavy atom. The van der Waals surface area contributed by atoms with Gasteiger partial charge in [0.2, 0.25) is 0 Å². The second-order valence-electron chi connectivity index (χ2n) is 7.14. The minimum Gasteiger partial charge on any atom is -0.340 e. The zero-order valence-electron chi connectivity index (χ0n) is 15.8. The van der Waals surface area contributed by atoms with Crippen molar-refractivity contribution < 1.29 is 10.0 Å². The molecule has 8 heteroatoms. The Balaban J connectivity index is 1.98.